The Morgan fingerprint density at radius 3 is 2.36 bits per heavy atom. The topological polar surface area (TPSA) is 90.0 Å². The monoisotopic (exact) mass is 300 g/mol. The molecule has 0 radical (unpaired) electrons. The summed E-state index contributed by atoms with van der Waals surface area (Å²) >= 11 is 0. The predicted octanol–water partition coefficient (Wildman–Crippen LogP) is 1.59. The summed E-state index contributed by atoms with van der Waals surface area (Å²) < 4.78 is 1.70. The van der Waals surface area contributed by atoms with E-state index in [0.29, 0.717) is 11.1 Å². The quantitative estimate of drug-likeness (QED) is 0.898. The molecule has 0 fully saturated rings. The first kappa shape index (κ1) is 15.8. The van der Waals surface area contributed by atoms with Gasteiger partial charge in [0.05, 0.1) is 17.3 Å². The maximum absolute atomic E-state index is 12.3. The Labute approximate surface area is 129 Å². The van der Waals surface area contributed by atoms with Crippen molar-refractivity contribution < 1.29 is 9.59 Å². The van der Waals surface area contributed by atoms with Crippen molar-refractivity contribution in [3.63, 3.8) is 0 Å². The molecule has 1 atom stereocenters. The van der Waals surface area contributed by atoms with Crippen LogP contribution < -0.4 is 11.1 Å². The van der Waals surface area contributed by atoms with E-state index in [9.17, 15) is 9.59 Å². The molecule has 0 saturated carbocycles. The van der Waals surface area contributed by atoms with Crippen LogP contribution in [0.4, 0.5) is 0 Å². The number of hydrogen-bond acceptors (Lipinski definition) is 3. The molecule has 6 heteroatoms. The summed E-state index contributed by atoms with van der Waals surface area (Å²) in [5, 5.41) is 6.82. The molecule has 22 heavy (non-hydrogen) atoms. The summed E-state index contributed by atoms with van der Waals surface area (Å²) in [5.41, 5.74) is 6.21. The minimum absolute atomic E-state index is 0.221. The molecule has 0 spiro atoms. The summed E-state index contributed by atoms with van der Waals surface area (Å²) in [5.74, 6) is -0.995. The van der Waals surface area contributed by atoms with Crippen LogP contribution in [0.1, 0.15) is 42.7 Å². The Balaban J connectivity index is 2.19. The van der Waals surface area contributed by atoms with Gasteiger partial charge in [0.2, 0.25) is 5.91 Å². The Bertz CT molecular complexity index is 671. The Morgan fingerprint density at radius 2 is 1.86 bits per heavy atom. The molecular weight excluding hydrogens is 280 g/mol. The lowest BCUT2D eigenvalue weighted by Gasteiger charge is -2.18. The van der Waals surface area contributed by atoms with Crippen LogP contribution in [0, 0.1) is 0 Å². The molecule has 1 heterocycles. The van der Waals surface area contributed by atoms with Gasteiger partial charge >= 0.3 is 0 Å². The zero-order chi connectivity index (χ0) is 16.3. The second kappa shape index (κ2) is 6.01. The lowest BCUT2D eigenvalue weighted by atomic mass is 10.1. The van der Waals surface area contributed by atoms with Crippen LogP contribution in [0.25, 0.3) is 0 Å². The van der Waals surface area contributed by atoms with Crippen molar-refractivity contribution in [2.24, 2.45) is 5.73 Å². The normalized spacial score (nSPS) is 12.7. The van der Waals surface area contributed by atoms with Crippen LogP contribution >= 0.6 is 0 Å². The molecule has 1 aromatic heterocycles. The zero-order valence-electron chi connectivity index (χ0n) is 12.9. The Hall–Kier alpha value is -2.63. The van der Waals surface area contributed by atoms with Gasteiger partial charge in [0.15, 0.2) is 0 Å². The highest BCUT2D eigenvalue weighted by Gasteiger charge is 2.22. The molecule has 0 aliphatic rings. The maximum Gasteiger partial charge on any atom is 0.255 e. The molecule has 0 saturated heterocycles. The van der Waals surface area contributed by atoms with Gasteiger partial charge in [0.1, 0.15) is 6.04 Å². The van der Waals surface area contributed by atoms with Gasteiger partial charge in [0, 0.05) is 6.20 Å². The summed E-state index contributed by atoms with van der Waals surface area (Å²) in [6, 6.07) is 8.02. The average Bonchev–Trinajstić information content (AvgIpc) is 2.95. The number of nitrogens with zero attached hydrogens (tertiary/aromatic N) is 2. The van der Waals surface area contributed by atoms with E-state index in [2.05, 4.69) is 10.4 Å². The molecule has 0 aliphatic heterocycles. The first-order valence-corrected chi connectivity index (χ1v) is 6.99. The molecule has 0 aliphatic carbocycles. The number of rotatable bonds is 4. The van der Waals surface area contributed by atoms with Crippen LogP contribution in [-0.2, 0) is 10.3 Å². The first-order valence-electron chi connectivity index (χ1n) is 6.99. The van der Waals surface area contributed by atoms with Crippen LogP contribution in [0.2, 0.25) is 0 Å². The number of benzene rings is 1. The van der Waals surface area contributed by atoms with Crippen LogP contribution in [0.15, 0.2) is 42.7 Å². The highest BCUT2D eigenvalue weighted by atomic mass is 16.2. The second-order valence-corrected chi connectivity index (χ2v) is 6.06. The third kappa shape index (κ3) is 3.52. The minimum Gasteiger partial charge on any atom is -0.368 e. The molecule has 1 aromatic carbocycles. The number of amides is 2. The van der Waals surface area contributed by atoms with Crippen LogP contribution in [-0.4, -0.2) is 21.6 Å². The SMILES string of the molecule is CC(C)(C)n1cc(C(=O)N[C@H](C(N)=O)c2ccccc2)cn1. The summed E-state index contributed by atoms with van der Waals surface area (Å²) in [7, 11) is 0. The number of carbonyl (C=O) groups excluding carboxylic acids is 2. The van der Waals surface area contributed by atoms with E-state index >= 15 is 0 Å². The van der Waals surface area contributed by atoms with Gasteiger partial charge in [-0.2, -0.15) is 5.10 Å². The van der Waals surface area contributed by atoms with E-state index in [4.69, 9.17) is 5.73 Å². The number of nitrogens with one attached hydrogen (secondary N) is 1. The van der Waals surface area contributed by atoms with Crippen molar-refractivity contribution in [3.05, 3.63) is 53.9 Å². The molecule has 0 bridgehead atoms. The molecule has 2 rings (SSSR count). The Morgan fingerprint density at radius 1 is 1.23 bits per heavy atom. The van der Waals surface area contributed by atoms with Crippen LogP contribution in [0.3, 0.4) is 0 Å². The molecule has 6 nitrogen and oxygen atoms in total. The summed E-state index contributed by atoms with van der Waals surface area (Å²) in [6.45, 7) is 5.95. The number of hydrogen-bond donors (Lipinski definition) is 2. The largest absolute Gasteiger partial charge is 0.368 e. The van der Waals surface area contributed by atoms with Crippen molar-refractivity contribution in [3.8, 4) is 0 Å². The van der Waals surface area contributed by atoms with E-state index in [-0.39, 0.29) is 11.4 Å². The van der Waals surface area contributed by atoms with Crippen molar-refractivity contribution in [1.29, 1.82) is 0 Å². The van der Waals surface area contributed by atoms with E-state index in [0.717, 1.165) is 0 Å². The summed E-state index contributed by atoms with van der Waals surface area (Å²) in [4.78, 5) is 23.9. The molecule has 2 aromatic rings. The number of aromatic nitrogens is 2. The van der Waals surface area contributed by atoms with Gasteiger partial charge in [-0.3, -0.25) is 14.3 Å². The lowest BCUT2D eigenvalue weighted by Crippen LogP contribution is -2.37. The van der Waals surface area contributed by atoms with E-state index < -0.39 is 11.9 Å². The smallest absolute Gasteiger partial charge is 0.255 e. The lowest BCUT2D eigenvalue weighted by molar-refractivity contribution is -0.120. The number of nitrogens with two attached hydrogens (primary N) is 1. The van der Waals surface area contributed by atoms with Gasteiger partial charge in [-0.25, -0.2) is 0 Å². The van der Waals surface area contributed by atoms with Gasteiger partial charge in [-0.05, 0) is 26.3 Å². The van der Waals surface area contributed by atoms with Crippen LogP contribution in [0.5, 0.6) is 0 Å². The predicted molar refractivity (Wildman–Crippen MR) is 83.1 cm³/mol. The van der Waals surface area contributed by atoms with E-state index in [1.54, 1.807) is 35.1 Å². The molecule has 2 amide bonds. The van der Waals surface area contributed by atoms with Crippen molar-refractivity contribution in [1.82, 2.24) is 15.1 Å². The number of carbonyl (C=O) groups is 2. The minimum atomic E-state index is -0.869. The Kier molecular flexibility index (Phi) is 4.30. The third-order valence-corrected chi connectivity index (χ3v) is 3.22. The zero-order valence-corrected chi connectivity index (χ0v) is 12.9. The highest BCUT2D eigenvalue weighted by molar-refractivity contribution is 5.97. The summed E-state index contributed by atoms with van der Waals surface area (Å²) in [6.07, 6.45) is 3.13. The molecule has 3 N–H and O–H groups in total. The van der Waals surface area contributed by atoms with Gasteiger partial charge in [-0.15, -0.1) is 0 Å². The standard InChI is InChI=1S/C16H20N4O2/c1-16(2,3)20-10-12(9-18-20)15(22)19-13(14(17)21)11-7-5-4-6-8-11/h4-10,13H,1-3H3,(H2,17,21)(H,19,22)/t13-/m0/s1. The first-order chi connectivity index (χ1) is 10.3. The molecular formula is C16H20N4O2. The van der Waals surface area contributed by atoms with E-state index in [1.807, 2.05) is 26.8 Å². The maximum atomic E-state index is 12.3. The highest BCUT2D eigenvalue weighted by Crippen LogP contribution is 2.15. The van der Waals surface area contributed by atoms with E-state index in [1.165, 1.54) is 6.20 Å². The fourth-order valence-electron chi connectivity index (χ4n) is 1.99. The second-order valence-electron chi connectivity index (χ2n) is 6.06. The fraction of sp³-hybridized carbons (Fsp3) is 0.312. The van der Waals surface area contributed by atoms with Gasteiger partial charge in [-0.1, -0.05) is 30.3 Å². The van der Waals surface area contributed by atoms with Crippen molar-refractivity contribution in [2.45, 2.75) is 32.4 Å². The fourth-order valence-corrected chi connectivity index (χ4v) is 1.99. The molecule has 0 unspecified atom stereocenters. The van der Waals surface area contributed by atoms with Gasteiger partial charge in [0.25, 0.3) is 5.91 Å². The number of primary amides is 1. The third-order valence-electron chi connectivity index (χ3n) is 3.22. The van der Waals surface area contributed by atoms with Crippen molar-refractivity contribution >= 4 is 11.8 Å². The molecule has 116 valence electrons. The average molecular weight is 300 g/mol. The van der Waals surface area contributed by atoms with Crippen molar-refractivity contribution in [2.75, 3.05) is 0 Å². The van der Waals surface area contributed by atoms with Gasteiger partial charge < -0.3 is 11.1 Å².